The number of hydrogen-bond donors (Lipinski definition) is 2. The van der Waals surface area contributed by atoms with Crippen molar-refractivity contribution in [2.24, 2.45) is 0 Å². The Hall–Kier alpha value is -2.68. The molecule has 8 heteroatoms. The number of carbonyl (C=O) groups excluding carboxylic acids is 2. The first-order chi connectivity index (χ1) is 15.8. The molecule has 176 valence electrons. The molecule has 5 atom stereocenters. The third-order valence-electron chi connectivity index (χ3n) is 7.77. The van der Waals surface area contributed by atoms with E-state index in [9.17, 15) is 19.8 Å². The molecule has 0 saturated carbocycles. The standard InChI is InChI=1S/C25H29NO7/c1-4-5-19(28)31-14(2)23(29)32-17-8-9-25(30)18-12-15-6-7-16(13-27)21-20(15)24(25,22(17)33-21)10-11-26(18)3/h4-8,14,18,22,27,30H,9-13H2,1-3H3/b5-4+/t14-,18+,22?,24?,25+/m0/s1. The number of likely N-dealkylation sites (tertiary alicyclic amines) is 1. The predicted molar refractivity (Wildman–Crippen MR) is 117 cm³/mol. The molecule has 2 unspecified atom stereocenters. The zero-order valence-electron chi connectivity index (χ0n) is 19.0. The van der Waals surface area contributed by atoms with E-state index >= 15 is 0 Å². The van der Waals surface area contributed by atoms with Crippen LogP contribution in [0.15, 0.2) is 36.1 Å². The molecule has 2 bridgehead atoms. The maximum absolute atomic E-state index is 12.8. The Morgan fingerprint density at radius 2 is 2.18 bits per heavy atom. The van der Waals surface area contributed by atoms with Gasteiger partial charge in [0.25, 0.3) is 0 Å². The van der Waals surface area contributed by atoms with E-state index in [-0.39, 0.29) is 12.6 Å². The van der Waals surface area contributed by atoms with Crippen molar-refractivity contribution in [1.29, 1.82) is 0 Å². The molecule has 2 aliphatic carbocycles. The number of carbonyl (C=O) groups is 2. The maximum Gasteiger partial charge on any atom is 0.352 e. The second-order valence-corrected chi connectivity index (χ2v) is 9.40. The molecule has 1 fully saturated rings. The molecule has 2 aliphatic heterocycles. The van der Waals surface area contributed by atoms with E-state index in [1.165, 1.54) is 19.1 Å². The quantitative estimate of drug-likeness (QED) is 0.509. The van der Waals surface area contributed by atoms with Gasteiger partial charge < -0.3 is 29.3 Å². The van der Waals surface area contributed by atoms with E-state index in [1.807, 2.05) is 19.2 Å². The van der Waals surface area contributed by atoms with E-state index in [4.69, 9.17) is 14.2 Å². The van der Waals surface area contributed by atoms with Gasteiger partial charge in [0, 0.05) is 29.7 Å². The van der Waals surface area contributed by atoms with Crippen LogP contribution in [0.1, 0.15) is 43.4 Å². The van der Waals surface area contributed by atoms with Crippen LogP contribution in [-0.2, 0) is 37.5 Å². The first-order valence-corrected chi connectivity index (χ1v) is 11.4. The van der Waals surface area contributed by atoms with Gasteiger partial charge in [0.1, 0.15) is 11.5 Å². The first-order valence-electron chi connectivity index (χ1n) is 11.4. The lowest BCUT2D eigenvalue weighted by Crippen LogP contribution is -2.74. The average Bonchev–Trinajstić information content (AvgIpc) is 3.13. The molecule has 2 N–H and O–H groups in total. The lowest BCUT2D eigenvalue weighted by molar-refractivity contribution is -0.174. The molecule has 2 heterocycles. The summed E-state index contributed by atoms with van der Waals surface area (Å²) < 4.78 is 17.3. The van der Waals surface area contributed by atoms with Gasteiger partial charge in [-0.05, 0) is 51.9 Å². The van der Waals surface area contributed by atoms with E-state index in [0.29, 0.717) is 36.3 Å². The van der Waals surface area contributed by atoms with E-state index in [1.54, 1.807) is 13.0 Å². The molecule has 4 aliphatic rings. The van der Waals surface area contributed by atoms with Gasteiger partial charge in [-0.15, -0.1) is 0 Å². The van der Waals surface area contributed by atoms with Gasteiger partial charge in [-0.25, -0.2) is 9.59 Å². The fourth-order valence-corrected chi connectivity index (χ4v) is 6.23. The summed E-state index contributed by atoms with van der Waals surface area (Å²) in [6, 6.07) is 3.77. The number of hydrogen-bond acceptors (Lipinski definition) is 8. The van der Waals surface area contributed by atoms with Crippen LogP contribution in [0, 0.1) is 0 Å². The van der Waals surface area contributed by atoms with E-state index in [2.05, 4.69) is 4.90 Å². The topological polar surface area (TPSA) is 106 Å². The highest BCUT2D eigenvalue weighted by molar-refractivity contribution is 5.85. The molecule has 33 heavy (non-hydrogen) atoms. The summed E-state index contributed by atoms with van der Waals surface area (Å²) in [5, 5.41) is 22.1. The van der Waals surface area contributed by atoms with Crippen molar-refractivity contribution in [3.8, 4) is 5.75 Å². The molecule has 0 radical (unpaired) electrons. The highest BCUT2D eigenvalue weighted by Crippen LogP contribution is 2.64. The maximum atomic E-state index is 12.8. The Labute approximate surface area is 192 Å². The average molecular weight is 456 g/mol. The molecule has 1 saturated heterocycles. The SMILES string of the molecule is C/C=C/C(=O)O[C@@H](C)C(=O)OC1=CC[C@@]2(O)[C@H]3Cc4ccc(CO)c5c4C2(CCN3C)C1O5. The summed E-state index contributed by atoms with van der Waals surface area (Å²) in [7, 11) is 2.02. The molecular weight excluding hydrogens is 426 g/mol. The van der Waals surface area contributed by atoms with Crippen molar-refractivity contribution in [2.45, 2.75) is 69.0 Å². The number of aliphatic hydroxyl groups is 2. The van der Waals surface area contributed by atoms with Crippen LogP contribution in [0.2, 0.25) is 0 Å². The number of allylic oxidation sites excluding steroid dienone is 1. The fourth-order valence-electron chi connectivity index (χ4n) is 6.23. The van der Waals surface area contributed by atoms with Gasteiger partial charge in [-0.3, -0.25) is 0 Å². The Morgan fingerprint density at radius 1 is 1.39 bits per heavy atom. The van der Waals surface area contributed by atoms with Gasteiger partial charge in [0.2, 0.25) is 0 Å². The number of ether oxygens (including phenoxy) is 3. The number of likely N-dealkylation sites (N-methyl/N-ethyl adjacent to an activating group) is 1. The zero-order chi connectivity index (χ0) is 23.5. The van der Waals surface area contributed by atoms with Gasteiger partial charge in [0.15, 0.2) is 12.2 Å². The second-order valence-electron chi connectivity index (χ2n) is 9.40. The minimum Gasteiger partial charge on any atom is -0.481 e. The molecule has 8 nitrogen and oxygen atoms in total. The van der Waals surface area contributed by atoms with Gasteiger partial charge in [0.05, 0.1) is 17.6 Å². The van der Waals surface area contributed by atoms with E-state index < -0.39 is 35.2 Å². The number of esters is 2. The summed E-state index contributed by atoms with van der Waals surface area (Å²) >= 11 is 0. The van der Waals surface area contributed by atoms with Crippen LogP contribution in [0.25, 0.3) is 0 Å². The predicted octanol–water partition coefficient (Wildman–Crippen LogP) is 1.51. The highest BCUT2D eigenvalue weighted by Gasteiger charge is 2.71. The Bertz CT molecular complexity index is 1080. The highest BCUT2D eigenvalue weighted by atomic mass is 16.6. The number of rotatable bonds is 5. The van der Waals surface area contributed by atoms with Crippen LogP contribution in [0.3, 0.4) is 0 Å². The summed E-state index contributed by atoms with van der Waals surface area (Å²) in [5.41, 5.74) is 0.786. The molecule has 1 spiro atoms. The molecule has 1 aromatic rings. The summed E-state index contributed by atoms with van der Waals surface area (Å²) in [4.78, 5) is 26.7. The van der Waals surface area contributed by atoms with Gasteiger partial charge in [-0.2, -0.15) is 0 Å². The Morgan fingerprint density at radius 3 is 2.91 bits per heavy atom. The first kappa shape index (κ1) is 22.1. The van der Waals surface area contributed by atoms with Crippen molar-refractivity contribution >= 4 is 11.9 Å². The lowest BCUT2D eigenvalue weighted by Gasteiger charge is -2.61. The third kappa shape index (κ3) is 2.94. The normalized spacial score (nSPS) is 32.6. The monoisotopic (exact) mass is 455 g/mol. The van der Waals surface area contributed by atoms with Crippen molar-refractivity contribution in [1.82, 2.24) is 4.90 Å². The van der Waals surface area contributed by atoms with Gasteiger partial charge >= 0.3 is 11.9 Å². The fraction of sp³-hybridized carbons (Fsp3) is 0.520. The summed E-state index contributed by atoms with van der Waals surface area (Å²) in [6.45, 7) is 3.71. The minimum atomic E-state index is -1.10. The summed E-state index contributed by atoms with van der Waals surface area (Å²) in [5.74, 6) is -0.434. The minimum absolute atomic E-state index is 0.106. The second kappa shape index (κ2) is 7.68. The summed E-state index contributed by atoms with van der Waals surface area (Å²) in [6.07, 6.45) is 4.29. The Kier molecular flexibility index (Phi) is 5.15. The number of aliphatic hydroxyl groups excluding tert-OH is 1. The zero-order valence-corrected chi connectivity index (χ0v) is 19.0. The van der Waals surface area contributed by atoms with Crippen LogP contribution in [-0.4, -0.2) is 64.5 Å². The van der Waals surface area contributed by atoms with Crippen LogP contribution < -0.4 is 4.74 Å². The van der Waals surface area contributed by atoms with Crippen molar-refractivity contribution in [2.75, 3.05) is 13.6 Å². The number of piperidine rings is 1. The Balaban J connectivity index is 1.54. The van der Waals surface area contributed by atoms with Gasteiger partial charge in [-0.1, -0.05) is 18.2 Å². The van der Waals surface area contributed by atoms with Crippen LogP contribution >= 0.6 is 0 Å². The van der Waals surface area contributed by atoms with Crippen LogP contribution in [0.4, 0.5) is 0 Å². The smallest absolute Gasteiger partial charge is 0.352 e. The molecule has 0 aromatic heterocycles. The van der Waals surface area contributed by atoms with Crippen molar-refractivity contribution < 1.29 is 34.0 Å². The van der Waals surface area contributed by atoms with E-state index in [0.717, 1.165) is 17.7 Å². The van der Waals surface area contributed by atoms with Crippen LogP contribution in [0.5, 0.6) is 5.75 Å². The lowest BCUT2D eigenvalue weighted by atomic mass is 9.50. The van der Waals surface area contributed by atoms with Crippen molar-refractivity contribution in [3.05, 3.63) is 52.8 Å². The molecule has 0 amide bonds. The molecule has 1 aromatic carbocycles. The largest absolute Gasteiger partial charge is 0.481 e. The molecule has 5 rings (SSSR count). The van der Waals surface area contributed by atoms with Crippen molar-refractivity contribution in [3.63, 3.8) is 0 Å². The number of benzene rings is 1. The molecular formula is C25H29NO7. The number of nitrogens with zero attached hydrogens (tertiary/aromatic N) is 1. The third-order valence-corrected chi connectivity index (χ3v) is 7.77.